The molecule has 1 saturated heterocycles. The van der Waals surface area contributed by atoms with Crippen molar-refractivity contribution in [2.75, 3.05) is 13.2 Å². The van der Waals surface area contributed by atoms with Crippen LogP contribution in [0.15, 0.2) is 75.4 Å². The molecule has 0 radical (unpaired) electrons. The van der Waals surface area contributed by atoms with Crippen molar-refractivity contribution in [1.82, 2.24) is 4.90 Å². The molecule has 162 valence electrons. The summed E-state index contributed by atoms with van der Waals surface area (Å²) in [5, 5.41) is 4.26. The first-order valence-corrected chi connectivity index (χ1v) is 10.3. The molecule has 1 aromatic carbocycles. The minimum absolute atomic E-state index is 0.0778. The number of aliphatic imine (C=N–C) groups is 2. The fraction of sp³-hybridized carbons (Fsp3) is 0.348. The molecule has 1 unspecified atom stereocenters. The summed E-state index contributed by atoms with van der Waals surface area (Å²) in [4.78, 5) is 16.1. The second kappa shape index (κ2) is 8.85. The average molecular weight is 423 g/mol. The summed E-state index contributed by atoms with van der Waals surface area (Å²) in [5.74, 6) is 1.32. The monoisotopic (exact) mass is 423 g/mol. The number of nitrogens with zero attached hydrogens (tertiary/aromatic N) is 4. The highest BCUT2D eigenvalue weighted by atomic mass is 19.1. The number of rotatable bonds is 6. The summed E-state index contributed by atoms with van der Waals surface area (Å²) in [7, 11) is 0. The van der Waals surface area contributed by atoms with Crippen LogP contribution in [-0.2, 0) is 9.57 Å². The SMILES string of the molecule is C=C(CN1C(N)=NC(=C)C2=C1N=CCC2)O/N=C(\C)C1CO[C@@H](c2ccc(F)cc2)C1. The lowest BCUT2D eigenvalue weighted by Crippen LogP contribution is -2.41. The highest BCUT2D eigenvalue weighted by molar-refractivity contribution is 5.85. The quantitative estimate of drug-likeness (QED) is 0.425. The third kappa shape index (κ3) is 4.59. The first-order chi connectivity index (χ1) is 14.9. The van der Waals surface area contributed by atoms with E-state index in [-0.39, 0.29) is 24.4 Å². The van der Waals surface area contributed by atoms with Crippen LogP contribution in [0.3, 0.4) is 0 Å². The number of nitrogens with two attached hydrogens (primary N) is 1. The molecule has 1 fully saturated rings. The lowest BCUT2D eigenvalue weighted by Gasteiger charge is -2.31. The van der Waals surface area contributed by atoms with E-state index >= 15 is 0 Å². The number of hydrogen-bond donors (Lipinski definition) is 1. The van der Waals surface area contributed by atoms with E-state index in [1.165, 1.54) is 12.1 Å². The van der Waals surface area contributed by atoms with Crippen molar-refractivity contribution in [1.29, 1.82) is 0 Å². The van der Waals surface area contributed by atoms with Gasteiger partial charge in [0.1, 0.15) is 17.4 Å². The minimum atomic E-state index is -0.256. The van der Waals surface area contributed by atoms with Gasteiger partial charge < -0.3 is 15.3 Å². The van der Waals surface area contributed by atoms with Gasteiger partial charge in [-0.3, -0.25) is 4.90 Å². The van der Waals surface area contributed by atoms with Crippen molar-refractivity contribution < 1.29 is 14.0 Å². The number of benzene rings is 1. The molecule has 4 rings (SSSR count). The first kappa shape index (κ1) is 21.0. The van der Waals surface area contributed by atoms with Gasteiger partial charge in [0.15, 0.2) is 0 Å². The lowest BCUT2D eigenvalue weighted by atomic mass is 9.97. The van der Waals surface area contributed by atoms with Crippen LogP contribution >= 0.6 is 0 Å². The van der Waals surface area contributed by atoms with Gasteiger partial charge in [-0.15, -0.1) is 0 Å². The van der Waals surface area contributed by atoms with Crippen molar-refractivity contribution >= 4 is 17.9 Å². The van der Waals surface area contributed by atoms with Crippen LogP contribution in [0, 0.1) is 11.7 Å². The van der Waals surface area contributed by atoms with Crippen molar-refractivity contribution in [3.63, 3.8) is 0 Å². The number of guanidine groups is 1. The molecule has 0 spiro atoms. The molecule has 3 aliphatic rings. The Balaban J connectivity index is 1.35. The predicted molar refractivity (Wildman–Crippen MR) is 119 cm³/mol. The Morgan fingerprint density at radius 1 is 1.39 bits per heavy atom. The number of ether oxygens (including phenoxy) is 1. The molecule has 0 saturated carbocycles. The van der Waals surface area contributed by atoms with Crippen molar-refractivity contribution in [2.45, 2.75) is 32.3 Å². The summed E-state index contributed by atoms with van der Waals surface area (Å²) >= 11 is 0. The zero-order valence-corrected chi connectivity index (χ0v) is 17.6. The molecule has 0 amide bonds. The Morgan fingerprint density at radius 2 is 2.16 bits per heavy atom. The van der Waals surface area contributed by atoms with Crippen LogP contribution in [0.5, 0.6) is 0 Å². The number of hydrogen-bond acceptors (Lipinski definition) is 7. The molecule has 1 aromatic rings. The van der Waals surface area contributed by atoms with Gasteiger partial charge in [-0.1, -0.05) is 30.4 Å². The Hall–Kier alpha value is -3.26. The smallest absolute Gasteiger partial charge is 0.202 e. The Labute approximate surface area is 181 Å². The van der Waals surface area contributed by atoms with E-state index in [4.69, 9.17) is 15.3 Å². The zero-order chi connectivity index (χ0) is 22.0. The van der Waals surface area contributed by atoms with Gasteiger partial charge in [-0.2, -0.15) is 0 Å². The Kier molecular flexibility index (Phi) is 5.99. The van der Waals surface area contributed by atoms with Gasteiger partial charge in [-0.05, 0) is 43.9 Å². The van der Waals surface area contributed by atoms with Gasteiger partial charge in [0.05, 0.1) is 30.7 Å². The first-order valence-electron chi connectivity index (χ1n) is 10.3. The summed E-state index contributed by atoms with van der Waals surface area (Å²) in [5.41, 5.74) is 9.50. The van der Waals surface area contributed by atoms with Gasteiger partial charge >= 0.3 is 0 Å². The fourth-order valence-electron chi connectivity index (χ4n) is 3.83. The highest BCUT2D eigenvalue weighted by Crippen LogP contribution is 2.33. The molecule has 3 aliphatic heterocycles. The second-order valence-electron chi connectivity index (χ2n) is 7.82. The number of oxime groups is 1. The molecule has 2 atom stereocenters. The van der Waals surface area contributed by atoms with Gasteiger partial charge in [0.2, 0.25) is 5.96 Å². The van der Waals surface area contributed by atoms with Crippen LogP contribution in [0.2, 0.25) is 0 Å². The summed E-state index contributed by atoms with van der Waals surface area (Å²) in [6.07, 6.45) is 4.22. The molecular formula is C23H26FN5O2. The van der Waals surface area contributed by atoms with Gasteiger partial charge in [0, 0.05) is 17.7 Å². The molecule has 2 N–H and O–H groups in total. The average Bonchev–Trinajstić information content (AvgIpc) is 3.26. The maximum Gasteiger partial charge on any atom is 0.202 e. The predicted octanol–water partition coefficient (Wildman–Crippen LogP) is 4.03. The largest absolute Gasteiger partial charge is 0.373 e. The van der Waals surface area contributed by atoms with Gasteiger partial charge in [0.25, 0.3) is 0 Å². The third-order valence-corrected chi connectivity index (χ3v) is 5.62. The molecule has 0 aliphatic carbocycles. The maximum atomic E-state index is 13.1. The van der Waals surface area contributed by atoms with E-state index in [0.717, 1.165) is 41.9 Å². The minimum Gasteiger partial charge on any atom is -0.373 e. The zero-order valence-electron chi connectivity index (χ0n) is 17.6. The summed E-state index contributed by atoms with van der Waals surface area (Å²) < 4.78 is 19.0. The lowest BCUT2D eigenvalue weighted by molar-refractivity contribution is 0.109. The van der Waals surface area contributed by atoms with Crippen LogP contribution in [0.4, 0.5) is 4.39 Å². The fourth-order valence-corrected chi connectivity index (χ4v) is 3.83. The Morgan fingerprint density at radius 3 is 2.94 bits per heavy atom. The summed E-state index contributed by atoms with van der Waals surface area (Å²) in [6.45, 7) is 10.7. The second-order valence-corrected chi connectivity index (χ2v) is 7.82. The molecule has 0 bridgehead atoms. The number of halogens is 1. The van der Waals surface area contributed by atoms with E-state index in [9.17, 15) is 4.39 Å². The topological polar surface area (TPSA) is 84.8 Å². The molecular weight excluding hydrogens is 397 g/mol. The maximum absolute atomic E-state index is 13.1. The summed E-state index contributed by atoms with van der Waals surface area (Å²) in [6, 6.07) is 6.40. The Bertz CT molecular complexity index is 1010. The highest BCUT2D eigenvalue weighted by Gasteiger charge is 2.30. The van der Waals surface area contributed by atoms with Crippen LogP contribution in [0.25, 0.3) is 0 Å². The van der Waals surface area contributed by atoms with Crippen molar-refractivity contribution in [3.05, 3.63) is 71.7 Å². The molecule has 7 nitrogen and oxygen atoms in total. The van der Waals surface area contributed by atoms with Crippen LogP contribution in [-0.4, -0.2) is 35.9 Å². The standard InChI is InChI=1S/C23H26FN5O2/c1-14(12-29-22-20(5-4-10-26-22)16(3)27-23(29)25)31-28-15(2)18-11-21(30-13-18)17-6-8-19(24)9-7-17/h6-10,18,21H,1,3-5,11-13H2,2H3,(H2,25,27)/b28-15+/t18?,21-/m1/s1. The van der Waals surface area contributed by atoms with E-state index in [1.54, 1.807) is 17.0 Å². The van der Waals surface area contributed by atoms with E-state index in [2.05, 4.69) is 28.3 Å². The van der Waals surface area contributed by atoms with Crippen LogP contribution in [0.1, 0.15) is 37.9 Å². The van der Waals surface area contributed by atoms with E-state index in [1.807, 2.05) is 13.1 Å². The number of allylic oxidation sites excluding steroid dienone is 1. The molecule has 8 heteroatoms. The molecule has 3 heterocycles. The third-order valence-electron chi connectivity index (χ3n) is 5.62. The van der Waals surface area contributed by atoms with Crippen LogP contribution < -0.4 is 5.73 Å². The van der Waals surface area contributed by atoms with Gasteiger partial charge in [-0.25, -0.2) is 14.4 Å². The molecule has 31 heavy (non-hydrogen) atoms. The van der Waals surface area contributed by atoms with Crippen molar-refractivity contribution in [3.8, 4) is 0 Å². The molecule has 0 aromatic heterocycles. The van der Waals surface area contributed by atoms with E-state index < -0.39 is 0 Å². The van der Waals surface area contributed by atoms with Crippen molar-refractivity contribution in [2.24, 2.45) is 26.8 Å². The normalized spacial score (nSPS) is 23.7. The van der Waals surface area contributed by atoms with E-state index in [0.29, 0.717) is 24.0 Å².